The molecule has 4 aromatic rings. The largest absolute Gasteiger partial charge is 0.454 e. The van der Waals surface area contributed by atoms with Crippen molar-refractivity contribution < 1.29 is 14.3 Å². The number of thiazole rings is 1. The van der Waals surface area contributed by atoms with Gasteiger partial charge in [-0.2, -0.15) is 0 Å². The molecule has 2 aliphatic rings. The number of carbonyl (C=O) groups is 1. The maximum atomic E-state index is 12.5. The maximum absolute atomic E-state index is 12.5. The molecule has 0 spiro atoms. The van der Waals surface area contributed by atoms with Crippen LogP contribution in [0.3, 0.4) is 0 Å². The number of nitrogens with zero attached hydrogens (tertiary/aromatic N) is 1. The summed E-state index contributed by atoms with van der Waals surface area (Å²) in [6.07, 6.45) is 0.257. The SMILES string of the molecule is O=C(Cc1ccc2c(c1)OCO2)Nc1nc2c(s1)-c1cccc3cccc-2c13. The number of aromatic nitrogens is 1. The summed E-state index contributed by atoms with van der Waals surface area (Å²) in [4.78, 5) is 18.4. The fraction of sp³-hybridized carbons (Fsp3) is 0.0909. The zero-order valence-electron chi connectivity index (χ0n) is 14.7. The Bertz CT molecular complexity index is 1220. The van der Waals surface area contributed by atoms with Gasteiger partial charge in [0, 0.05) is 11.1 Å². The van der Waals surface area contributed by atoms with Crippen LogP contribution in [0.15, 0.2) is 54.6 Å². The minimum Gasteiger partial charge on any atom is -0.454 e. The average molecular weight is 386 g/mol. The van der Waals surface area contributed by atoms with Crippen LogP contribution in [0, 0.1) is 0 Å². The normalized spacial score (nSPS) is 13.0. The van der Waals surface area contributed by atoms with Crippen molar-refractivity contribution in [2.45, 2.75) is 6.42 Å². The summed E-state index contributed by atoms with van der Waals surface area (Å²) in [6, 6.07) is 18.1. The van der Waals surface area contributed by atoms with E-state index in [1.165, 1.54) is 27.7 Å². The van der Waals surface area contributed by atoms with Gasteiger partial charge in [-0.25, -0.2) is 4.98 Å². The first kappa shape index (κ1) is 15.7. The van der Waals surface area contributed by atoms with Crippen molar-refractivity contribution in [1.29, 1.82) is 0 Å². The van der Waals surface area contributed by atoms with Crippen molar-refractivity contribution in [1.82, 2.24) is 4.98 Å². The Labute approximate surface area is 164 Å². The van der Waals surface area contributed by atoms with Crippen molar-refractivity contribution in [3.8, 4) is 33.2 Å². The van der Waals surface area contributed by atoms with Gasteiger partial charge < -0.3 is 14.8 Å². The Morgan fingerprint density at radius 1 is 1.04 bits per heavy atom. The third kappa shape index (κ3) is 2.31. The molecule has 0 atom stereocenters. The van der Waals surface area contributed by atoms with E-state index in [1.807, 2.05) is 24.3 Å². The van der Waals surface area contributed by atoms with Gasteiger partial charge in [0.2, 0.25) is 12.7 Å². The Kier molecular flexibility index (Phi) is 3.25. The molecule has 0 radical (unpaired) electrons. The lowest BCUT2D eigenvalue weighted by Crippen LogP contribution is -2.14. The van der Waals surface area contributed by atoms with Crippen molar-refractivity contribution in [2.24, 2.45) is 0 Å². The molecular weight excluding hydrogens is 372 g/mol. The van der Waals surface area contributed by atoms with Gasteiger partial charge in [0.05, 0.1) is 17.0 Å². The number of nitrogens with one attached hydrogen (secondary N) is 1. The van der Waals surface area contributed by atoms with Crippen molar-refractivity contribution in [2.75, 3.05) is 12.1 Å². The average Bonchev–Trinajstić information content (AvgIpc) is 3.39. The summed E-state index contributed by atoms with van der Waals surface area (Å²) < 4.78 is 10.7. The molecule has 1 N–H and O–H groups in total. The second kappa shape index (κ2) is 5.81. The van der Waals surface area contributed by atoms with E-state index in [4.69, 9.17) is 14.5 Å². The highest BCUT2D eigenvalue weighted by atomic mass is 32.1. The van der Waals surface area contributed by atoms with Crippen LogP contribution in [0.2, 0.25) is 0 Å². The van der Waals surface area contributed by atoms with Crippen LogP contribution >= 0.6 is 11.3 Å². The van der Waals surface area contributed by atoms with E-state index in [0.29, 0.717) is 16.6 Å². The number of hydrogen-bond acceptors (Lipinski definition) is 5. The Morgan fingerprint density at radius 3 is 2.75 bits per heavy atom. The van der Waals surface area contributed by atoms with Gasteiger partial charge >= 0.3 is 0 Å². The van der Waals surface area contributed by atoms with Crippen LogP contribution in [-0.4, -0.2) is 17.7 Å². The molecule has 0 unspecified atom stereocenters. The molecule has 136 valence electrons. The van der Waals surface area contributed by atoms with E-state index in [2.05, 4.69) is 35.6 Å². The number of anilines is 1. The predicted octanol–water partition coefficient (Wildman–Crippen LogP) is 4.85. The molecule has 6 heteroatoms. The molecule has 1 amide bonds. The van der Waals surface area contributed by atoms with Crippen LogP contribution in [0.25, 0.3) is 32.5 Å². The van der Waals surface area contributed by atoms with Crippen molar-refractivity contribution >= 4 is 33.1 Å². The Balaban J connectivity index is 1.27. The molecule has 1 aliphatic carbocycles. The van der Waals surface area contributed by atoms with Gasteiger partial charge in [-0.15, -0.1) is 0 Å². The first-order chi connectivity index (χ1) is 13.8. The second-order valence-electron chi connectivity index (χ2n) is 6.82. The van der Waals surface area contributed by atoms with Crippen LogP contribution in [0.4, 0.5) is 5.13 Å². The van der Waals surface area contributed by atoms with Gasteiger partial charge in [-0.05, 0) is 28.5 Å². The molecule has 28 heavy (non-hydrogen) atoms. The molecule has 2 heterocycles. The minimum atomic E-state index is -0.0993. The third-order valence-corrected chi connectivity index (χ3v) is 6.08. The smallest absolute Gasteiger partial charge is 0.231 e. The van der Waals surface area contributed by atoms with Crippen LogP contribution in [0.5, 0.6) is 11.5 Å². The lowest BCUT2D eigenvalue weighted by molar-refractivity contribution is -0.115. The van der Waals surface area contributed by atoms with Gasteiger partial charge in [-0.3, -0.25) is 4.79 Å². The molecule has 5 nitrogen and oxygen atoms in total. The fourth-order valence-corrected chi connectivity index (χ4v) is 4.89. The van der Waals surface area contributed by atoms with Crippen molar-refractivity contribution in [3.05, 3.63) is 60.2 Å². The van der Waals surface area contributed by atoms with Crippen LogP contribution < -0.4 is 14.8 Å². The molecule has 0 saturated carbocycles. The quantitative estimate of drug-likeness (QED) is 0.481. The monoisotopic (exact) mass is 386 g/mol. The molecule has 1 aromatic heterocycles. The van der Waals surface area contributed by atoms with E-state index < -0.39 is 0 Å². The third-order valence-electron chi connectivity index (χ3n) is 5.08. The molecule has 6 rings (SSSR count). The highest BCUT2D eigenvalue weighted by Gasteiger charge is 2.26. The number of ether oxygens (including phenoxy) is 2. The van der Waals surface area contributed by atoms with Gasteiger partial charge in [0.25, 0.3) is 0 Å². The zero-order chi connectivity index (χ0) is 18.7. The van der Waals surface area contributed by atoms with E-state index >= 15 is 0 Å². The standard InChI is InChI=1S/C22H14N2O3S/c25-18(10-12-7-8-16-17(9-12)27-11-26-16)23-22-24-20-14-5-1-3-13-4-2-6-15(19(13)14)21(20)28-22/h1-9H,10-11H2,(H,23,24,25). The summed E-state index contributed by atoms with van der Waals surface area (Å²) in [5.74, 6) is 1.30. The van der Waals surface area contributed by atoms with E-state index in [1.54, 1.807) is 0 Å². The summed E-state index contributed by atoms with van der Waals surface area (Å²) in [5.41, 5.74) is 4.16. The predicted molar refractivity (Wildman–Crippen MR) is 109 cm³/mol. The minimum absolute atomic E-state index is 0.0993. The van der Waals surface area contributed by atoms with Crippen molar-refractivity contribution in [3.63, 3.8) is 0 Å². The van der Waals surface area contributed by atoms with E-state index in [9.17, 15) is 4.79 Å². The number of hydrogen-bond donors (Lipinski definition) is 1. The van der Waals surface area contributed by atoms with Crippen LogP contribution in [0.1, 0.15) is 5.56 Å². The molecule has 1 aliphatic heterocycles. The first-order valence-corrected chi connectivity index (χ1v) is 9.79. The highest BCUT2D eigenvalue weighted by molar-refractivity contribution is 7.20. The lowest BCUT2D eigenvalue weighted by atomic mass is 10.0. The van der Waals surface area contributed by atoms with Crippen LogP contribution in [-0.2, 0) is 11.2 Å². The Hall–Kier alpha value is -3.38. The number of benzene rings is 3. The molecule has 0 fully saturated rings. The summed E-state index contributed by atoms with van der Waals surface area (Å²) >= 11 is 1.52. The van der Waals surface area contributed by atoms with Gasteiger partial charge in [0.1, 0.15) is 0 Å². The first-order valence-electron chi connectivity index (χ1n) is 8.98. The van der Waals surface area contributed by atoms with Gasteiger partial charge in [-0.1, -0.05) is 53.8 Å². The number of carbonyl (C=O) groups excluding carboxylic acids is 1. The summed E-state index contributed by atoms with van der Waals surface area (Å²) in [7, 11) is 0. The molecule has 3 aromatic carbocycles. The highest BCUT2D eigenvalue weighted by Crippen LogP contribution is 2.50. The second-order valence-corrected chi connectivity index (χ2v) is 7.82. The zero-order valence-corrected chi connectivity index (χ0v) is 15.5. The number of fused-ring (bicyclic) bond motifs is 4. The maximum Gasteiger partial charge on any atom is 0.231 e. The van der Waals surface area contributed by atoms with Gasteiger partial charge in [0.15, 0.2) is 16.6 Å². The number of rotatable bonds is 3. The fourth-order valence-electron chi connectivity index (χ4n) is 3.87. The summed E-state index contributed by atoms with van der Waals surface area (Å²) in [5, 5.41) is 6.04. The molecule has 0 saturated heterocycles. The number of amides is 1. The Morgan fingerprint density at radius 2 is 1.86 bits per heavy atom. The van der Waals surface area contributed by atoms with E-state index in [0.717, 1.165) is 21.7 Å². The van der Waals surface area contributed by atoms with E-state index in [-0.39, 0.29) is 19.1 Å². The molecule has 0 bridgehead atoms. The summed E-state index contributed by atoms with van der Waals surface area (Å²) in [6.45, 7) is 0.226. The lowest BCUT2D eigenvalue weighted by Gasteiger charge is -2.04. The molecular formula is C22H14N2O3S. The topological polar surface area (TPSA) is 60.5 Å².